The lowest BCUT2D eigenvalue weighted by molar-refractivity contribution is 0.229. The summed E-state index contributed by atoms with van der Waals surface area (Å²) >= 11 is 5.84. The minimum atomic E-state index is 0.0884. The van der Waals surface area contributed by atoms with Crippen LogP contribution in [0.15, 0.2) is 12.1 Å². The van der Waals surface area contributed by atoms with Gasteiger partial charge in [0.2, 0.25) is 0 Å². The van der Waals surface area contributed by atoms with Crippen LogP contribution in [-0.2, 0) is 5.88 Å². The van der Waals surface area contributed by atoms with Gasteiger partial charge in [-0.2, -0.15) is 0 Å². The highest BCUT2D eigenvalue weighted by atomic mass is 35.5. The van der Waals surface area contributed by atoms with Crippen LogP contribution in [0.5, 0.6) is 17.2 Å². The van der Waals surface area contributed by atoms with Gasteiger partial charge in [-0.05, 0) is 19.9 Å². The zero-order valence-electron chi connectivity index (χ0n) is 10.0. The van der Waals surface area contributed by atoms with Crippen LogP contribution in [0, 0.1) is 0 Å². The van der Waals surface area contributed by atoms with Gasteiger partial charge in [0.05, 0.1) is 26.2 Å². The van der Waals surface area contributed by atoms with E-state index >= 15 is 0 Å². The van der Waals surface area contributed by atoms with Gasteiger partial charge in [-0.1, -0.05) is 0 Å². The van der Waals surface area contributed by atoms with E-state index in [4.69, 9.17) is 25.8 Å². The first kappa shape index (κ1) is 13.0. The lowest BCUT2D eigenvalue weighted by Crippen LogP contribution is -2.07. The molecule has 0 aliphatic heterocycles. The molecule has 1 aromatic carbocycles. The molecular formula is C12H17ClO3. The second-order valence-electron chi connectivity index (χ2n) is 3.62. The second-order valence-corrected chi connectivity index (χ2v) is 3.88. The molecule has 0 aliphatic rings. The number of halogens is 1. The molecule has 90 valence electrons. The molecule has 0 atom stereocenters. The van der Waals surface area contributed by atoms with E-state index in [1.54, 1.807) is 20.3 Å². The Morgan fingerprint density at radius 2 is 1.69 bits per heavy atom. The van der Waals surface area contributed by atoms with Crippen molar-refractivity contribution in [1.29, 1.82) is 0 Å². The summed E-state index contributed by atoms with van der Waals surface area (Å²) in [5.41, 5.74) is 0.889. The monoisotopic (exact) mass is 244 g/mol. The minimum absolute atomic E-state index is 0.0884. The highest BCUT2D eigenvalue weighted by molar-refractivity contribution is 6.17. The molecule has 0 bridgehead atoms. The maximum Gasteiger partial charge on any atom is 0.164 e. The predicted octanol–water partition coefficient (Wildman–Crippen LogP) is 3.23. The van der Waals surface area contributed by atoms with Crippen molar-refractivity contribution in [2.24, 2.45) is 0 Å². The number of alkyl halides is 1. The maximum atomic E-state index is 5.84. The minimum Gasteiger partial charge on any atom is -0.496 e. The Morgan fingerprint density at radius 3 is 2.12 bits per heavy atom. The smallest absolute Gasteiger partial charge is 0.164 e. The molecule has 0 radical (unpaired) electrons. The van der Waals surface area contributed by atoms with E-state index < -0.39 is 0 Å². The van der Waals surface area contributed by atoms with Crippen molar-refractivity contribution in [3.8, 4) is 17.2 Å². The summed E-state index contributed by atoms with van der Waals surface area (Å²) in [6.45, 7) is 3.92. The van der Waals surface area contributed by atoms with E-state index in [1.165, 1.54) is 0 Å². The number of rotatable bonds is 5. The van der Waals surface area contributed by atoms with E-state index in [0.717, 1.165) is 5.56 Å². The lowest BCUT2D eigenvalue weighted by atomic mass is 10.2. The summed E-state index contributed by atoms with van der Waals surface area (Å²) in [7, 11) is 3.20. The Bertz CT molecular complexity index is 350. The van der Waals surface area contributed by atoms with Gasteiger partial charge in [0.25, 0.3) is 0 Å². The molecule has 4 heteroatoms. The molecule has 0 saturated heterocycles. The highest BCUT2D eigenvalue weighted by Gasteiger charge is 2.12. The van der Waals surface area contributed by atoms with Gasteiger partial charge in [0, 0.05) is 11.6 Å². The van der Waals surface area contributed by atoms with Gasteiger partial charge >= 0.3 is 0 Å². The van der Waals surface area contributed by atoms with E-state index in [-0.39, 0.29) is 6.10 Å². The summed E-state index contributed by atoms with van der Waals surface area (Å²) in [5.74, 6) is 2.43. The first-order valence-corrected chi connectivity index (χ1v) is 5.63. The fraction of sp³-hybridized carbons (Fsp3) is 0.500. The third-order valence-electron chi connectivity index (χ3n) is 2.07. The Balaban J connectivity index is 3.15. The largest absolute Gasteiger partial charge is 0.496 e. The third-order valence-corrected chi connectivity index (χ3v) is 2.36. The fourth-order valence-corrected chi connectivity index (χ4v) is 1.59. The van der Waals surface area contributed by atoms with Crippen molar-refractivity contribution in [2.45, 2.75) is 25.8 Å². The zero-order chi connectivity index (χ0) is 12.1. The molecule has 0 aromatic heterocycles. The molecule has 0 unspecified atom stereocenters. The summed E-state index contributed by atoms with van der Waals surface area (Å²) in [5, 5.41) is 0. The van der Waals surface area contributed by atoms with Gasteiger partial charge in [0.15, 0.2) is 11.5 Å². The lowest BCUT2D eigenvalue weighted by Gasteiger charge is -2.16. The van der Waals surface area contributed by atoms with Crippen LogP contribution in [0.4, 0.5) is 0 Å². The molecule has 0 aliphatic carbocycles. The Labute approximate surface area is 101 Å². The van der Waals surface area contributed by atoms with Gasteiger partial charge in [-0.15, -0.1) is 11.6 Å². The predicted molar refractivity (Wildman–Crippen MR) is 64.9 cm³/mol. The van der Waals surface area contributed by atoms with Crippen molar-refractivity contribution < 1.29 is 14.2 Å². The van der Waals surface area contributed by atoms with E-state index in [0.29, 0.717) is 23.1 Å². The molecule has 0 spiro atoms. The van der Waals surface area contributed by atoms with Crippen molar-refractivity contribution in [3.05, 3.63) is 17.7 Å². The van der Waals surface area contributed by atoms with Gasteiger partial charge in [-0.25, -0.2) is 0 Å². The van der Waals surface area contributed by atoms with E-state index in [2.05, 4.69) is 0 Å². The Morgan fingerprint density at radius 1 is 1.06 bits per heavy atom. The molecule has 16 heavy (non-hydrogen) atoms. The number of hydrogen-bond acceptors (Lipinski definition) is 3. The number of methoxy groups -OCH3 is 2. The standard InChI is InChI=1S/C12H17ClO3/c1-8(2)16-12-5-9(7-13)10(14-3)6-11(12)15-4/h5-6,8H,7H2,1-4H3. The van der Waals surface area contributed by atoms with Crippen LogP contribution in [-0.4, -0.2) is 20.3 Å². The first-order valence-electron chi connectivity index (χ1n) is 5.09. The van der Waals surface area contributed by atoms with E-state index in [9.17, 15) is 0 Å². The van der Waals surface area contributed by atoms with Crippen LogP contribution in [0.1, 0.15) is 19.4 Å². The molecule has 0 N–H and O–H groups in total. The van der Waals surface area contributed by atoms with Crippen molar-refractivity contribution >= 4 is 11.6 Å². The van der Waals surface area contributed by atoms with Crippen molar-refractivity contribution in [2.75, 3.05) is 14.2 Å². The molecule has 3 nitrogen and oxygen atoms in total. The first-order chi connectivity index (χ1) is 7.62. The topological polar surface area (TPSA) is 27.7 Å². The van der Waals surface area contributed by atoms with Crippen molar-refractivity contribution in [1.82, 2.24) is 0 Å². The molecular weight excluding hydrogens is 228 g/mol. The zero-order valence-corrected chi connectivity index (χ0v) is 10.8. The van der Waals surface area contributed by atoms with Crippen molar-refractivity contribution in [3.63, 3.8) is 0 Å². The molecule has 0 heterocycles. The van der Waals surface area contributed by atoms with E-state index in [1.807, 2.05) is 19.9 Å². The Kier molecular flexibility index (Phi) is 4.74. The summed E-state index contributed by atoms with van der Waals surface area (Å²) in [6, 6.07) is 3.64. The molecule has 0 saturated carbocycles. The average Bonchev–Trinajstić information content (AvgIpc) is 2.27. The number of ether oxygens (including phenoxy) is 3. The highest BCUT2D eigenvalue weighted by Crippen LogP contribution is 2.35. The van der Waals surface area contributed by atoms with Gasteiger partial charge in [-0.3, -0.25) is 0 Å². The van der Waals surface area contributed by atoms with Crippen LogP contribution in [0.25, 0.3) is 0 Å². The normalized spacial score (nSPS) is 10.4. The third kappa shape index (κ3) is 2.95. The van der Waals surface area contributed by atoms with Crippen LogP contribution in [0.2, 0.25) is 0 Å². The summed E-state index contributed by atoms with van der Waals surface area (Å²) in [6.07, 6.45) is 0.0884. The molecule has 0 amide bonds. The number of benzene rings is 1. The van der Waals surface area contributed by atoms with Crippen LogP contribution < -0.4 is 14.2 Å². The fourth-order valence-electron chi connectivity index (χ4n) is 1.38. The average molecular weight is 245 g/mol. The van der Waals surface area contributed by atoms with Gasteiger partial charge < -0.3 is 14.2 Å². The molecule has 1 rings (SSSR count). The van der Waals surface area contributed by atoms with Crippen LogP contribution >= 0.6 is 11.6 Å². The SMILES string of the molecule is COc1cc(OC)c(OC(C)C)cc1CCl. The number of hydrogen-bond donors (Lipinski definition) is 0. The molecule has 0 fully saturated rings. The summed E-state index contributed by atoms with van der Waals surface area (Å²) < 4.78 is 16.1. The second kappa shape index (κ2) is 5.85. The quantitative estimate of drug-likeness (QED) is 0.745. The van der Waals surface area contributed by atoms with Gasteiger partial charge in [0.1, 0.15) is 5.75 Å². The molecule has 1 aromatic rings. The Hall–Kier alpha value is -1.09. The summed E-state index contributed by atoms with van der Waals surface area (Å²) in [4.78, 5) is 0. The maximum absolute atomic E-state index is 5.84. The van der Waals surface area contributed by atoms with Crippen LogP contribution in [0.3, 0.4) is 0 Å².